The van der Waals surface area contributed by atoms with Crippen LogP contribution < -0.4 is 10.1 Å². The standard InChI is InChI=1S/C24H27NO5/c1-28-21-10-6-18(7-11-21)19-12-22(24(27)25-20-8-9-20)30-23(13-19)29-15-17-4-2-16(14-26)3-5-17/h2-7,10-12,19-20,23,26H,8-9,13-15H2,1H3,(H,25,27)/t19-,23+/m1/s1. The molecule has 1 heterocycles. The number of hydrogen-bond acceptors (Lipinski definition) is 5. The maximum absolute atomic E-state index is 12.6. The second-order valence-electron chi connectivity index (χ2n) is 7.73. The molecule has 2 aliphatic rings. The number of aliphatic hydroxyl groups excluding tert-OH is 1. The number of amides is 1. The fourth-order valence-electron chi connectivity index (χ4n) is 3.42. The molecule has 6 nitrogen and oxygen atoms in total. The molecule has 158 valence electrons. The molecule has 30 heavy (non-hydrogen) atoms. The topological polar surface area (TPSA) is 77.0 Å². The van der Waals surface area contributed by atoms with Gasteiger partial charge in [-0.3, -0.25) is 4.79 Å². The zero-order valence-electron chi connectivity index (χ0n) is 17.0. The third-order valence-corrected chi connectivity index (χ3v) is 5.38. The van der Waals surface area contributed by atoms with E-state index in [0.29, 0.717) is 18.8 Å². The maximum Gasteiger partial charge on any atom is 0.286 e. The Morgan fingerprint density at radius 3 is 2.43 bits per heavy atom. The number of allylic oxidation sites excluding steroid dienone is 1. The van der Waals surface area contributed by atoms with E-state index in [1.807, 2.05) is 54.6 Å². The monoisotopic (exact) mass is 409 g/mol. The second kappa shape index (κ2) is 9.32. The molecule has 2 N–H and O–H groups in total. The van der Waals surface area contributed by atoms with Crippen molar-refractivity contribution < 1.29 is 24.1 Å². The van der Waals surface area contributed by atoms with Crippen molar-refractivity contribution in [2.24, 2.45) is 0 Å². The summed E-state index contributed by atoms with van der Waals surface area (Å²) >= 11 is 0. The molecular weight excluding hydrogens is 382 g/mol. The zero-order valence-corrected chi connectivity index (χ0v) is 17.0. The second-order valence-corrected chi connectivity index (χ2v) is 7.73. The van der Waals surface area contributed by atoms with Gasteiger partial charge in [0.25, 0.3) is 5.91 Å². The molecule has 0 radical (unpaired) electrons. The van der Waals surface area contributed by atoms with Gasteiger partial charge >= 0.3 is 0 Å². The predicted octanol–water partition coefficient (Wildman–Crippen LogP) is 3.40. The number of carbonyl (C=O) groups is 1. The Bertz CT molecular complexity index is 887. The first-order chi connectivity index (χ1) is 14.6. The number of aliphatic hydroxyl groups is 1. The fraction of sp³-hybridized carbons (Fsp3) is 0.375. The zero-order chi connectivity index (χ0) is 20.9. The largest absolute Gasteiger partial charge is 0.497 e. The first-order valence-corrected chi connectivity index (χ1v) is 10.3. The van der Waals surface area contributed by atoms with Crippen molar-refractivity contribution in [1.82, 2.24) is 5.32 Å². The van der Waals surface area contributed by atoms with Gasteiger partial charge in [0.15, 0.2) is 5.76 Å². The number of rotatable bonds is 8. The Balaban J connectivity index is 1.47. The Morgan fingerprint density at radius 2 is 1.80 bits per heavy atom. The van der Waals surface area contributed by atoms with E-state index in [1.54, 1.807) is 7.11 Å². The first kappa shape index (κ1) is 20.4. The lowest BCUT2D eigenvalue weighted by Gasteiger charge is -2.29. The van der Waals surface area contributed by atoms with Crippen molar-refractivity contribution in [3.63, 3.8) is 0 Å². The van der Waals surface area contributed by atoms with Gasteiger partial charge in [-0.05, 0) is 47.7 Å². The van der Waals surface area contributed by atoms with E-state index in [4.69, 9.17) is 14.2 Å². The molecule has 2 atom stereocenters. The summed E-state index contributed by atoms with van der Waals surface area (Å²) in [6.07, 6.45) is 4.01. The van der Waals surface area contributed by atoms with Crippen LogP contribution in [0.25, 0.3) is 0 Å². The van der Waals surface area contributed by atoms with Gasteiger partial charge in [-0.1, -0.05) is 36.4 Å². The van der Waals surface area contributed by atoms with E-state index >= 15 is 0 Å². The lowest BCUT2D eigenvalue weighted by atomic mass is 9.93. The van der Waals surface area contributed by atoms with E-state index in [1.165, 1.54) is 0 Å². The Morgan fingerprint density at radius 1 is 1.10 bits per heavy atom. The molecule has 2 aromatic rings. The summed E-state index contributed by atoms with van der Waals surface area (Å²) in [4.78, 5) is 12.6. The molecule has 1 fully saturated rings. The molecule has 1 saturated carbocycles. The van der Waals surface area contributed by atoms with Crippen LogP contribution in [0.2, 0.25) is 0 Å². The highest BCUT2D eigenvalue weighted by molar-refractivity contribution is 5.92. The lowest BCUT2D eigenvalue weighted by molar-refractivity contribution is -0.150. The predicted molar refractivity (Wildman–Crippen MR) is 112 cm³/mol. The average Bonchev–Trinajstić information content (AvgIpc) is 3.62. The van der Waals surface area contributed by atoms with Crippen LogP contribution in [-0.4, -0.2) is 30.5 Å². The third-order valence-electron chi connectivity index (χ3n) is 5.38. The van der Waals surface area contributed by atoms with Crippen LogP contribution in [0.15, 0.2) is 60.4 Å². The van der Waals surface area contributed by atoms with Gasteiger partial charge in [0, 0.05) is 18.4 Å². The maximum atomic E-state index is 12.6. The van der Waals surface area contributed by atoms with Crippen molar-refractivity contribution in [2.45, 2.75) is 50.7 Å². The molecule has 1 aliphatic heterocycles. The number of benzene rings is 2. The normalized spacial score (nSPS) is 20.8. The first-order valence-electron chi connectivity index (χ1n) is 10.3. The highest BCUT2D eigenvalue weighted by Crippen LogP contribution is 2.33. The van der Waals surface area contributed by atoms with E-state index < -0.39 is 6.29 Å². The van der Waals surface area contributed by atoms with Crippen LogP contribution in [0, 0.1) is 0 Å². The van der Waals surface area contributed by atoms with Crippen LogP contribution in [0.5, 0.6) is 5.75 Å². The van der Waals surface area contributed by atoms with Crippen LogP contribution in [0.1, 0.15) is 41.9 Å². The molecule has 0 saturated heterocycles. The summed E-state index contributed by atoms with van der Waals surface area (Å²) in [7, 11) is 1.64. The molecule has 1 aliphatic carbocycles. The van der Waals surface area contributed by atoms with Gasteiger partial charge in [-0.25, -0.2) is 0 Å². The molecular formula is C24H27NO5. The van der Waals surface area contributed by atoms with E-state index in [2.05, 4.69) is 5.32 Å². The van der Waals surface area contributed by atoms with Crippen molar-refractivity contribution in [1.29, 1.82) is 0 Å². The van der Waals surface area contributed by atoms with Gasteiger partial charge in [0.1, 0.15) is 5.75 Å². The lowest BCUT2D eigenvalue weighted by Crippen LogP contribution is -2.33. The molecule has 4 rings (SSSR count). The summed E-state index contributed by atoms with van der Waals surface area (Å²) in [5, 5.41) is 12.2. The highest BCUT2D eigenvalue weighted by atomic mass is 16.7. The summed E-state index contributed by atoms with van der Waals surface area (Å²) in [6, 6.07) is 15.7. The highest BCUT2D eigenvalue weighted by Gasteiger charge is 2.31. The molecule has 0 aromatic heterocycles. The summed E-state index contributed by atoms with van der Waals surface area (Å²) < 4.78 is 17.2. The average molecular weight is 409 g/mol. The Labute approximate surface area is 176 Å². The number of carbonyl (C=O) groups excluding carboxylic acids is 1. The van der Waals surface area contributed by atoms with Crippen LogP contribution in [0.3, 0.4) is 0 Å². The van der Waals surface area contributed by atoms with Crippen molar-refractivity contribution in [3.05, 3.63) is 77.1 Å². The number of ether oxygens (including phenoxy) is 3. The van der Waals surface area contributed by atoms with Gasteiger partial charge < -0.3 is 24.6 Å². The van der Waals surface area contributed by atoms with E-state index in [-0.39, 0.29) is 24.5 Å². The number of hydrogen-bond donors (Lipinski definition) is 2. The Kier molecular flexibility index (Phi) is 6.35. The molecule has 2 aromatic carbocycles. The van der Waals surface area contributed by atoms with Crippen LogP contribution in [0.4, 0.5) is 0 Å². The van der Waals surface area contributed by atoms with Crippen LogP contribution >= 0.6 is 0 Å². The number of nitrogens with one attached hydrogen (secondary N) is 1. The molecule has 1 amide bonds. The van der Waals surface area contributed by atoms with Gasteiger partial charge in [-0.15, -0.1) is 0 Å². The van der Waals surface area contributed by atoms with Gasteiger partial charge in [0.05, 0.1) is 20.3 Å². The molecule has 6 heteroatoms. The third kappa shape index (κ3) is 5.20. The minimum atomic E-state index is -0.528. The minimum absolute atomic E-state index is 0.00590. The minimum Gasteiger partial charge on any atom is -0.497 e. The van der Waals surface area contributed by atoms with Crippen LogP contribution in [-0.2, 0) is 27.5 Å². The summed E-state index contributed by atoms with van der Waals surface area (Å²) in [6.45, 7) is 0.379. The van der Waals surface area contributed by atoms with Gasteiger partial charge in [-0.2, -0.15) is 0 Å². The van der Waals surface area contributed by atoms with Crippen molar-refractivity contribution >= 4 is 5.91 Å². The van der Waals surface area contributed by atoms with E-state index in [0.717, 1.165) is 35.3 Å². The van der Waals surface area contributed by atoms with Gasteiger partial charge in [0.2, 0.25) is 6.29 Å². The molecule has 0 spiro atoms. The smallest absolute Gasteiger partial charge is 0.286 e. The SMILES string of the molecule is COc1ccc([C@@H]2C=C(C(=O)NC3CC3)O[C@H](OCc3ccc(CO)cc3)C2)cc1. The van der Waals surface area contributed by atoms with E-state index in [9.17, 15) is 9.90 Å². The Hall–Kier alpha value is -2.83. The van der Waals surface area contributed by atoms with Crippen molar-refractivity contribution in [2.75, 3.05) is 7.11 Å². The quantitative estimate of drug-likeness (QED) is 0.699. The molecule has 0 unspecified atom stereocenters. The fourth-order valence-corrected chi connectivity index (χ4v) is 3.42. The number of methoxy groups -OCH3 is 1. The van der Waals surface area contributed by atoms with Crippen molar-refractivity contribution in [3.8, 4) is 5.75 Å². The summed E-state index contributed by atoms with van der Waals surface area (Å²) in [5.74, 6) is 0.929. The molecule has 0 bridgehead atoms. The summed E-state index contributed by atoms with van der Waals surface area (Å²) in [5.41, 5.74) is 2.92.